The minimum atomic E-state index is -4.51. The molecule has 1 aromatic heterocycles. The Bertz CT molecular complexity index is 299. The van der Waals surface area contributed by atoms with Crippen molar-refractivity contribution in [2.75, 3.05) is 11.9 Å². The fourth-order valence-electron chi connectivity index (χ4n) is 0.645. The molecule has 8 heteroatoms. The maximum Gasteiger partial charge on any atom is 0.452 e. The van der Waals surface area contributed by atoms with Crippen LogP contribution in [0.4, 0.5) is 18.3 Å². The van der Waals surface area contributed by atoms with Crippen molar-refractivity contribution < 1.29 is 18.3 Å². The van der Waals surface area contributed by atoms with Crippen LogP contribution >= 0.6 is 11.5 Å². The Morgan fingerprint density at radius 3 is 2.64 bits per heavy atom. The molecule has 0 unspecified atom stereocenters. The van der Waals surface area contributed by atoms with Gasteiger partial charge >= 0.3 is 6.18 Å². The summed E-state index contributed by atoms with van der Waals surface area (Å²) in [4.78, 5) is 3.21. The number of hydrogen-bond donors (Lipinski definition) is 2. The Morgan fingerprint density at radius 2 is 2.21 bits per heavy atom. The molecular weight excluding hydrogens is 219 g/mol. The van der Waals surface area contributed by atoms with Crippen LogP contribution in [0.5, 0.6) is 0 Å². The lowest BCUT2D eigenvalue weighted by Crippen LogP contribution is -2.15. The van der Waals surface area contributed by atoms with E-state index in [4.69, 9.17) is 5.11 Å². The summed E-state index contributed by atoms with van der Waals surface area (Å²) < 4.78 is 39.1. The van der Waals surface area contributed by atoms with E-state index in [1.54, 1.807) is 0 Å². The second kappa shape index (κ2) is 4.09. The molecule has 0 bridgehead atoms. The summed E-state index contributed by atoms with van der Waals surface area (Å²) in [6, 6.07) is 0. The minimum Gasteiger partial charge on any atom is -0.392 e. The maximum absolute atomic E-state index is 12.0. The van der Waals surface area contributed by atoms with Crippen molar-refractivity contribution in [2.24, 2.45) is 0 Å². The molecule has 0 aromatic carbocycles. The molecule has 0 fully saturated rings. The van der Waals surface area contributed by atoms with Gasteiger partial charge in [-0.25, -0.2) is 0 Å². The van der Waals surface area contributed by atoms with E-state index in [2.05, 4.69) is 14.7 Å². The van der Waals surface area contributed by atoms with Crippen molar-refractivity contribution in [3.63, 3.8) is 0 Å². The molecule has 0 spiro atoms. The monoisotopic (exact) mass is 227 g/mol. The predicted octanol–water partition coefficient (Wildman–Crippen LogP) is 1.35. The zero-order valence-electron chi connectivity index (χ0n) is 7.17. The highest BCUT2D eigenvalue weighted by Crippen LogP contribution is 2.28. The number of hydrogen-bond acceptors (Lipinski definition) is 5. The summed E-state index contributed by atoms with van der Waals surface area (Å²) in [6.45, 7) is 1.66. The highest BCUT2D eigenvalue weighted by Gasteiger charge is 2.36. The van der Waals surface area contributed by atoms with Gasteiger partial charge in [-0.2, -0.15) is 22.5 Å². The van der Waals surface area contributed by atoms with E-state index in [0.717, 1.165) is 0 Å². The quantitative estimate of drug-likeness (QED) is 0.818. The Morgan fingerprint density at radius 1 is 1.57 bits per heavy atom. The SMILES string of the molecule is C[C@@H](O)CNc1nc(C(F)(F)F)ns1. The lowest BCUT2D eigenvalue weighted by molar-refractivity contribution is -0.144. The largest absolute Gasteiger partial charge is 0.452 e. The number of aromatic nitrogens is 2. The number of nitrogens with one attached hydrogen (secondary N) is 1. The van der Waals surface area contributed by atoms with E-state index in [1.165, 1.54) is 6.92 Å². The van der Waals surface area contributed by atoms with Crippen LogP contribution in [0.25, 0.3) is 0 Å². The molecule has 1 atom stereocenters. The smallest absolute Gasteiger partial charge is 0.392 e. The van der Waals surface area contributed by atoms with Gasteiger partial charge in [0.25, 0.3) is 0 Å². The lowest BCUT2D eigenvalue weighted by atomic mass is 10.4. The van der Waals surface area contributed by atoms with Crippen LogP contribution in [0, 0.1) is 0 Å². The fourth-order valence-corrected chi connectivity index (χ4v) is 1.24. The maximum atomic E-state index is 12.0. The van der Waals surface area contributed by atoms with Gasteiger partial charge in [0.2, 0.25) is 11.0 Å². The fraction of sp³-hybridized carbons (Fsp3) is 0.667. The Kier molecular flexibility index (Phi) is 3.27. The number of nitrogens with zero attached hydrogens (tertiary/aromatic N) is 2. The molecule has 0 amide bonds. The number of aliphatic hydroxyl groups excluding tert-OH is 1. The summed E-state index contributed by atoms with van der Waals surface area (Å²) in [5.41, 5.74) is 0. The van der Waals surface area contributed by atoms with Crippen LogP contribution in [0.3, 0.4) is 0 Å². The minimum absolute atomic E-state index is 0.0539. The summed E-state index contributed by atoms with van der Waals surface area (Å²) in [6.07, 6.45) is -5.16. The van der Waals surface area contributed by atoms with E-state index in [1.807, 2.05) is 0 Å². The molecule has 1 rings (SSSR count). The second-order valence-electron chi connectivity index (χ2n) is 2.65. The third kappa shape index (κ3) is 3.11. The first-order valence-corrected chi connectivity index (χ1v) is 4.50. The Balaban J connectivity index is 2.60. The van der Waals surface area contributed by atoms with Crippen molar-refractivity contribution >= 4 is 16.7 Å². The van der Waals surface area contributed by atoms with Crippen molar-refractivity contribution in [1.29, 1.82) is 0 Å². The molecule has 1 aromatic rings. The van der Waals surface area contributed by atoms with Crippen LogP contribution in [0.1, 0.15) is 12.7 Å². The van der Waals surface area contributed by atoms with Gasteiger partial charge < -0.3 is 10.4 Å². The second-order valence-corrected chi connectivity index (χ2v) is 3.40. The summed E-state index contributed by atoms with van der Waals surface area (Å²) in [5.74, 6) is -1.16. The van der Waals surface area contributed by atoms with Gasteiger partial charge in [0.1, 0.15) is 0 Å². The molecule has 0 aliphatic carbocycles. The molecule has 0 aliphatic rings. The molecule has 80 valence electrons. The first-order chi connectivity index (χ1) is 6.39. The summed E-state index contributed by atoms with van der Waals surface area (Å²) in [5, 5.41) is 11.4. The van der Waals surface area contributed by atoms with Gasteiger partial charge in [-0.1, -0.05) is 0 Å². The third-order valence-corrected chi connectivity index (χ3v) is 1.90. The number of halogens is 3. The van der Waals surface area contributed by atoms with Crippen molar-refractivity contribution in [3.8, 4) is 0 Å². The number of alkyl halides is 3. The van der Waals surface area contributed by atoms with Gasteiger partial charge in [-0.15, -0.1) is 0 Å². The average molecular weight is 227 g/mol. The summed E-state index contributed by atoms with van der Waals surface area (Å²) >= 11 is 0.615. The third-order valence-electron chi connectivity index (χ3n) is 1.23. The van der Waals surface area contributed by atoms with Gasteiger partial charge in [0.15, 0.2) is 0 Å². The molecule has 0 saturated carbocycles. The van der Waals surface area contributed by atoms with E-state index in [0.29, 0.717) is 11.5 Å². The Hall–Kier alpha value is -0.890. The normalized spacial score (nSPS) is 14.1. The van der Waals surface area contributed by atoms with Crippen molar-refractivity contribution in [1.82, 2.24) is 9.36 Å². The molecule has 0 aliphatic heterocycles. The molecule has 4 nitrogen and oxygen atoms in total. The Labute approximate surface area is 82.0 Å². The molecule has 14 heavy (non-hydrogen) atoms. The van der Waals surface area contributed by atoms with Crippen molar-refractivity contribution in [3.05, 3.63) is 5.82 Å². The average Bonchev–Trinajstić information content (AvgIpc) is 2.47. The molecular formula is C6H8F3N3OS. The lowest BCUT2D eigenvalue weighted by Gasteiger charge is -2.03. The topological polar surface area (TPSA) is 58.0 Å². The summed E-state index contributed by atoms with van der Waals surface area (Å²) in [7, 11) is 0. The number of anilines is 1. The van der Waals surface area contributed by atoms with Gasteiger partial charge in [0, 0.05) is 18.1 Å². The van der Waals surface area contributed by atoms with Gasteiger partial charge in [-0.05, 0) is 6.92 Å². The van der Waals surface area contributed by atoms with Gasteiger partial charge in [0.05, 0.1) is 6.10 Å². The number of rotatable bonds is 3. The first kappa shape index (κ1) is 11.2. The van der Waals surface area contributed by atoms with E-state index in [-0.39, 0.29) is 11.7 Å². The molecule has 2 N–H and O–H groups in total. The van der Waals surface area contributed by atoms with Crippen LogP contribution in [0.2, 0.25) is 0 Å². The van der Waals surface area contributed by atoms with Crippen molar-refractivity contribution in [2.45, 2.75) is 19.2 Å². The van der Waals surface area contributed by atoms with Crippen LogP contribution in [-0.2, 0) is 6.18 Å². The van der Waals surface area contributed by atoms with Crippen LogP contribution in [-0.4, -0.2) is 27.1 Å². The molecule has 0 saturated heterocycles. The van der Waals surface area contributed by atoms with E-state index >= 15 is 0 Å². The van der Waals surface area contributed by atoms with E-state index in [9.17, 15) is 13.2 Å². The zero-order valence-corrected chi connectivity index (χ0v) is 7.98. The van der Waals surface area contributed by atoms with Gasteiger partial charge in [-0.3, -0.25) is 0 Å². The number of aliphatic hydroxyl groups is 1. The highest BCUT2D eigenvalue weighted by molar-refractivity contribution is 7.09. The van der Waals surface area contributed by atoms with E-state index < -0.39 is 18.1 Å². The molecule has 0 radical (unpaired) electrons. The predicted molar refractivity (Wildman–Crippen MR) is 45.1 cm³/mol. The zero-order chi connectivity index (χ0) is 10.8. The highest BCUT2D eigenvalue weighted by atomic mass is 32.1. The first-order valence-electron chi connectivity index (χ1n) is 3.72. The molecule has 1 heterocycles. The standard InChI is InChI=1S/C6H8F3N3OS/c1-3(13)2-10-5-11-4(12-14-5)6(7,8)9/h3,13H,2H2,1H3,(H,10,11,12)/t3-/m1/s1. The van der Waals surface area contributed by atoms with Crippen LogP contribution in [0.15, 0.2) is 0 Å². The van der Waals surface area contributed by atoms with Crippen LogP contribution < -0.4 is 5.32 Å².